The standard InChI is InChI=1S/C17H20N2O3S/c1-12(17(20)19-11-13-5-4-8-18-10-13)23-14-6-7-15(21-2)16(9-14)22-3/h4-10,12H,11H2,1-3H3,(H,19,20)/t12-/m1/s1. The van der Waals surface area contributed by atoms with Gasteiger partial charge >= 0.3 is 0 Å². The number of benzene rings is 1. The SMILES string of the molecule is COc1ccc(S[C@H](C)C(=O)NCc2cccnc2)cc1OC. The van der Waals surface area contributed by atoms with E-state index in [1.807, 2.05) is 37.3 Å². The Balaban J connectivity index is 1.93. The highest BCUT2D eigenvalue weighted by Crippen LogP contribution is 2.33. The smallest absolute Gasteiger partial charge is 0.233 e. The van der Waals surface area contributed by atoms with Crippen molar-refractivity contribution in [3.05, 3.63) is 48.3 Å². The van der Waals surface area contributed by atoms with Gasteiger partial charge in [-0.2, -0.15) is 0 Å². The van der Waals surface area contributed by atoms with Crippen molar-refractivity contribution in [1.29, 1.82) is 0 Å². The molecule has 6 heteroatoms. The molecule has 5 nitrogen and oxygen atoms in total. The van der Waals surface area contributed by atoms with Crippen LogP contribution in [-0.4, -0.2) is 30.4 Å². The molecule has 1 atom stereocenters. The lowest BCUT2D eigenvalue weighted by molar-refractivity contribution is -0.120. The average Bonchev–Trinajstić information content (AvgIpc) is 2.60. The number of amides is 1. The summed E-state index contributed by atoms with van der Waals surface area (Å²) in [5.41, 5.74) is 0.976. The van der Waals surface area contributed by atoms with Gasteiger partial charge in [0, 0.05) is 23.8 Å². The summed E-state index contributed by atoms with van der Waals surface area (Å²) in [6.45, 7) is 2.35. The molecule has 1 heterocycles. The van der Waals surface area contributed by atoms with Gasteiger partial charge in [0.1, 0.15) is 0 Å². The lowest BCUT2D eigenvalue weighted by atomic mass is 10.3. The molecule has 0 fully saturated rings. The van der Waals surface area contributed by atoms with E-state index in [1.165, 1.54) is 11.8 Å². The quantitative estimate of drug-likeness (QED) is 0.790. The minimum atomic E-state index is -0.218. The van der Waals surface area contributed by atoms with Gasteiger partial charge in [0.15, 0.2) is 11.5 Å². The van der Waals surface area contributed by atoms with Gasteiger partial charge in [-0.15, -0.1) is 11.8 Å². The molecule has 2 aromatic rings. The molecule has 0 bridgehead atoms. The lowest BCUT2D eigenvalue weighted by Gasteiger charge is -2.13. The summed E-state index contributed by atoms with van der Waals surface area (Å²) >= 11 is 1.47. The number of methoxy groups -OCH3 is 2. The van der Waals surface area contributed by atoms with Crippen molar-refractivity contribution in [2.24, 2.45) is 0 Å². The van der Waals surface area contributed by atoms with Crippen molar-refractivity contribution in [3.8, 4) is 11.5 Å². The van der Waals surface area contributed by atoms with E-state index in [2.05, 4.69) is 10.3 Å². The first-order valence-corrected chi connectivity index (χ1v) is 8.07. The molecule has 1 aromatic heterocycles. The van der Waals surface area contributed by atoms with Crippen LogP contribution in [0.25, 0.3) is 0 Å². The lowest BCUT2D eigenvalue weighted by Crippen LogP contribution is -2.30. The number of pyridine rings is 1. The number of hydrogen-bond acceptors (Lipinski definition) is 5. The van der Waals surface area contributed by atoms with E-state index < -0.39 is 0 Å². The third-order valence-electron chi connectivity index (χ3n) is 3.23. The second kappa shape index (κ2) is 8.43. The van der Waals surface area contributed by atoms with Crippen molar-refractivity contribution in [2.45, 2.75) is 23.6 Å². The Morgan fingerprint density at radius 3 is 2.70 bits per heavy atom. The van der Waals surface area contributed by atoms with Gasteiger partial charge in [-0.3, -0.25) is 9.78 Å². The highest BCUT2D eigenvalue weighted by Gasteiger charge is 2.15. The predicted molar refractivity (Wildman–Crippen MR) is 90.9 cm³/mol. The van der Waals surface area contributed by atoms with Gasteiger partial charge in [-0.25, -0.2) is 0 Å². The van der Waals surface area contributed by atoms with Gasteiger partial charge in [-0.1, -0.05) is 6.07 Å². The molecule has 0 aliphatic carbocycles. The van der Waals surface area contributed by atoms with Crippen molar-refractivity contribution in [3.63, 3.8) is 0 Å². The van der Waals surface area contributed by atoms with E-state index in [0.29, 0.717) is 18.0 Å². The Hall–Kier alpha value is -2.21. The van der Waals surface area contributed by atoms with Crippen LogP contribution in [0.3, 0.4) is 0 Å². The zero-order valence-electron chi connectivity index (χ0n) is 13.4. The Labute approximate surface area is 140 Å². The molecular formula is C17H20N2O3S. The zero-order valence-corrected chi connectivity index (χ0v) is 14.2. The maximum Gasteiger partial charge on any atom is 0.233 e. The number of nitrogens with zero attached hydrogens (tertiary/aromatic N) is 1. The fraction of sp³-hybridized carbons (Fsp3) is 0.294. The van der Waals surface area contributed by atoms with Crippen LogP contribution in [0.15, 0.2) is 47.6 Å². The Morgan fingerprint density at radius 1 is 1.26 bits per heavy atom. The molecule has 0 aliphatic rings. The number of carbonyl (C=O) groups is 1. The Bertz CT molecular complexity index is 650. The van der Waals surface area contributed by atoms with Gasteiger partial charge in [-0.05, 0) is 36.8 Å². The third kappa shape index (κ3) is 4.89. The van der Waals surface area contributed by atoms with E-state index in [-0.39, 0.29) is 11.2 Å². The van der Waals surface area contributed by atoms with E-state index >= 15 is 0 Å². The van der Waals surface area contributed by atoms with Crippen molar-refractivity contribution < 1.29 is 14.3 Å². The van der Waals surface area contributed by atoms with E-state index in [9.17, 15) is 4.79 Å². The molecule has 1 amide bonds. The highest BCUT2D eigenvalue weighted by molar-refractivity contribution is 8.00. The van der Waals surface area contributed by atoms with Crippen LogP contribution < -0.4 is 14.8 Å². The predicted octanol–water partition coefficient (Wildman–Crippen LogP) is 2.90. The van der Waals surface area contributed by atoms with Crippen LogP contribution in [-0.2, 0) is 11.3 Å². The monoisotopic (exact) mass is 332 g/mol. The normalized spacial score (nSPS) is 11.6. The molecule has 0 saturated carbocycles. The van der Waals surface area contributed by atoms with E-state index in [0.717, 1.165) is 10.5 Å². The molecule has 1 aromatic carbocycles. The molecule has 23 heavy (non-hydrogen) atoms. The van der Waals surface area contributed by atoms with Crippen LogP contribution >= 0.6 is 11.8 Å². The summed E-state index contributed by atoms with van der Waals surface area (Å²) in [5, 5.41) is 2.70. The molecule has 0 unspecified atom stereocenters. The molecule has 0 radical (unpaired) electrons. The van der Waals surface area contributed by atoms with Gasteiger partial charge in [0.25, 0.3) is 0 Å². The number of nitrogens with one attached hydrogen (secondary N) is 1. The Morgan fingerprint density at radius 2 is 2.04 bits per heavy atom. The number of rotatable bonds is 7. The minimum Gasteiger partial charge on any atom is -0.493 e. The van der Waals surface area contributed by atoms with Crippen molar-refractivity contribution in [1.82, 2.24) is 10.3 Å². The van der Waals surface area contributed by atoms with Gasteiger partial charge in [0.2, 0.25) is 5.91 Å². The molecule has 0 aliphatic heterocycles. The largest absolute Gasteiger partial charge is 0.493 e. The third-order valence-corrected chi connectivity index (χ3v) is 4.32. The first-order valence-electron chi connectivity index (χ1n) is 7.19. The molecule has 0 spiro atoms. The second-order valence-corrected chi connectivity index (χ2v) is 6.27. The zero-order chi connectivity index (χ0) is 16.7. The maximum atomic E-state index is 12.2. The fourth-order valence-corrected chi connectivity index (χ4v) is 2.90. The summed E-state index contributed by atoms with van der Waals surface area (Å²) in [7, 11) is 3.19. The molecule has 1 N–H and O–H groups in total. The maximum absolute atomic E-state index is 12.2. The average molecular weight is 332 g/mol. The molecule has 0 saturated heterocycles. The van der Waals surface area contributed by atoms with Gasteiger partial charge < -0.3 is 14.8 Å². The highest BCUT2D eigenvalue weighted by atomic mass is 32.2. The van der Waals surface area contributed by atoms with E-state index in [4.69, 9.17) is 9.47 Å². The number of aromatic nitrogens is 1. The number of hydrogen-bond donors (Lipinski definition) is 1. The minimum absolute atomic E-state index is 0.0198. The Kier molecular flexibility index (Phi) is 6.29. The summed E-state index contributed by atoms with van der Waals surface area (Å²) in [5.74, 6) is 1.31. The number of ether oxygens (including phenoxy) is 2. The summed E-state index contributed by atoms with van der Waals surface area (Å²) in [6.07, 6.45) is 3.45. The molecule has 122 valence electrons. The second-order valence-electron chi connectivity index (χ2n) is 4.86. The van der Waals surface area contributed by atoms with Crippen molar-refractivity contribution in [2.75, 3.05) is 14.2 Å². The first-order chi connectivity index (χ1) is 11.1. The van der Waals surface area contributed by atoms with Crippen LogP contribution in [0, 0.1) is 0 Å². The summed E-state index contributed by atoms with van der Waals surface area (Å²) in [4.78, 5) is 17.2. The molecule has 2 rings (SSSR count). The van der Waals surface area contributed by atoms with Crippen LogP contribution in [0.4, 0.5) is 0 Å². The van der Waals surface area contributed by atoms with Crippen LogP contribution in [0.2, 0.25) is 0 Å². The summed E-state index contributed by atoms with van der Waals surface area (Å²) < 4.78 is 10.5. The first kappa shape index (κ1) is 17.1. The topological polar surface area (TPSA) is 60.5 Å². The van der Waals surface area contributed by atoms with E-state index in [1.54, 1.807) is 26.6 Å². The van der Waals surface area contributed by atoms with Crippen LogP contribution in [0.5, 0.6) is 11.5 Å². The number of carbonyl (C=O) groups excluding carboxylic acids is 1. The van der Waals surface area contributed by atoms with Gasteiger partial charge in [0.05, 0.1) is 19.5 Å². The number of thioether (sulfide) groups is 1. The van der Waals surface area contributed by atoms with Crippen LogP contribution in [0.1, 0.15) is 12.5 Å². The molecular weight excluding hydrogens is 312 g/mol. The fourth-order valence-electron chi connectivity index (χ4n) is 1.98. The summed E-state index contributed by atoms with van der Waals surface area (Å²) in [6, 6.07) is 9.40. The van der Waals surface area contributed by atoms with Crippen molar-refractivity contribution >= 4 is 17.7 Å².